The van der Waals surface area contributed by atoms with E-state index in [2.05, 4.69) is 10.2 Å². The number of hydrogen-bond acceptors (Lipinski definition) is 6. The Morgan fingerprint density at radius 3 is 2.44 bits per heavy atom. The second kappa shape index (κ2) is 4.79. The number of hydrogen-bond donors (Lipinski definition) is 1. The van der Waals surface area contributed by atoms with Gasteiger partial charge in [0.1, 0.15) is 5.84 Å². The minimum absolute atomic E-state index is 0.00989. The summed E-state index contributed by atoms with van der Waals surface area (Å²) in [5.74, 6) is -0.744. The Kier molecular flexibility index (Phi) is 3.67. The van der Waals surface area contributed by atoms with Crippen LogP contribution in [0, 0.1) is 4.91 Å². The van der Waals surface area contributed by atoms with E-state index in [0.29, 0.717) is 0 Å². The van der Waals surface area contributed by atoms with E-state index in [4.69, 9.17) is 5.11 Å². The highest BCUT2D eigenvalue weighted by atomic mass is 16.3. The first-order valence-electron chi connectivity index (χ1n) is 4.57. The summed E-state index contributed by atoms with van der Waals surface area (Å²) >= 11 is 0. The van der Waals surface area contributed by atoms with Crippen LogP contribution in [0.1, 0.15) is 0 Å². The molecule has 0 radical (unpaired) electrons. The molecule has 0 aromatic rings. The largest absolute Gasteiger partial charge is 0.394 e. The second-order valence-corrected chi connectivity index (χ2v) is 3.21. The fourth-order valence-corrected chi connectivity index (χ4v) is 1.34. The van der Waals surface area contributed by atoms with Crippen LogP contribution in [0.2, 0.25) is 0 Å². The van der Waals surface area contributed by atoms with Crippen molar-refractivity contribution >= 4 is 17.8 Å². The first-order valence-corrected chi connectivity index (χ1v) is 4.57. The molecule has 1 N–H and O–H groups in total. The third kappa shape index (κ3) is 1.91. The molecule has 0 aromatic carbocycles. The normalized spacial score (nSPS) is 24.2. The summed E-state index contributed by atoms with van der Waals surface area (Å²) in [4.78, 5) is 39.3. The standard InChI is InChI=1S/C8H12N4O4/c1-11-6(9-3-4-13)5(10-16)7(14)12(2)8(11)15/h5,13H,3-4H2,1-2H3. The molecule has 1 aliphatic rings. The van der Waals surface area contributed by atoms with Crippen molar-refractivity contribution in [3.05, 3.63) is 4.91 Å². The van der Waals surface area contributed by atoms with Gasteiger partial charge in [-0.25, -0.2) is 4.79 Å². The summed E-state index contributed by atoms with van der Waals surface area (Å²) in [5, 5.41) is 11.3. The average Bonchev–Trinajstić information content (AvgIpc) is 2.29. The van der Waals surface area contributed by atoms with E-state index in [1.807, 2.05) is 0 Å². The van der Waals surface area contributed by atoms with Crippen molar-refractivity contribution < 1.29 is 14.7 Å². The van der Waals surface area contributed by atoms with Gasteiger partial charge < -0.3 is 5.11 Å². The molecule has 8 nitrogen and oxygen atoms in total. The van der Waals surface area contributed by atoms with Crippen LogP contribution in [0.3, 0.4) is 0 Å². The van der Waals surface area contributed by atoms with Gasteiger partial charge in [-0.05, 0) is 5.18 Å². The Hall–Kier alpha value is -1.83. The molecule has 0 spiro atoms. The second-order valence-electron chi connectivity index (χ2n) is 3.21. The molecule has 88 valence electrons. The van der Waals surface area contributed by atoms with E-state index in [1.165, 1.54) is 14.1 Å². The van der Waals surface area contributed by atoms with Gasteiger partial charge in [0, 0.05) is 14.1 Å². The number of nitrogens with zero attached hydrogens (tertiary/aromatic N) is 4. The summed E-state index contributed by atoms with van der Waals surface area (Å²) in [7, 11) is 2.65. The highest BCUT2D eigenvalue weighted by Gasteiger charge is 2.41. The van der Waals surface area contributed by atoms with Crippen LogP contribution in [0.15, 0.2) is 10.2 Å². The number of nitroso groups, excluding NO2 is 1. The molecule has 1 saturated heterocycles. The molecule has 8 heteroatoms. The molecular formula is C8H12N4O4. The molecule has 1 atom stereocenters. The van der Waals surface area contributed by atoms with Gasteiger partial charge in [0.25, 0.3) is 5.91 Å². The number of imide groups is 1. The van der Waals surface area contributed by atoms with Crippen molar-refractivity contribution in [2.75, 3.05) is 27.2 Å². The zero-order valence-electron chi connectivity index (χ0n) is 8.95. The molecule has 1 rings (SSSR count). The van der Waals surface area contributed by atoms with Crippen LogP contribution in [0.4, 0.5) is 4.79 Å². The van der Waals surface area contributed by atoms with Crippen LogP contribution < -0.4 is 0 Å². The number of rotatable bonds is 3. The van der Waals surface area contributed by atoms with Gasteiger partial charge in [0.15, 0.2) is 0 Å². The number of carbonyl (C=O) groups is 2. The van der Waals surface area contributed by atoms with Crippen LogP contribution in [-0.2, 0) is 4.79 Å². The summed E-state index contributed by atoms with van der Waals surface area (Å²) in [6.45, 7) is -0.225. The molecule has 1 heterocycles. The zero-order valence-corrected chi connectivity index (χ0v) is 8.95. The van der Waals surface area contributed by atoms with Crippen molar-refractivity contribution in [3.63, 3.8) is 0 Å². The van der Waals surface area contributed by atoms with Crippen molar-refractivity contribution in [1.29, 1.82) is 0 Å². The van der Waals surface area contributed by atoms with Gasteiger partial charge in [0.05, 0.1) is 13.2 Å². The number of amidine groups is 1. The molecular weight excluding hydrogens is 216 g/mol. The fraction of sp³-hybridized carbons (Fsp3) is 0.625. The van der Waals surface area contributed by atoms with E-state index in [0.717, 1.165) is 9.80 Å². The minimum atomic E-state index is -1.32. The summed E-state index contributed by atoms with van der Waals surface area (Å²) < 4.78 is 0. The lowest BCUT2D eigenvalue weighted by atomic mass is 10.2. The van der Waals surface area contributed by atoms with Gasteiger partial charge in [-0.3, -0.25) is 19.6 Å². The average molecular weight is 228 g/mol. The van der Waals surface area contributed by atoms with Crippen LogP contribution in [0.25, 0.3) is 0 Å². The van der Waals surface area contributed by atoms with Crippen LogP contribution in [-0.4, -0.2) is 66.0 Å². The molecule has 0 aliphatic carbocycles. The van der Waals surface area contributed by atoms with Gasteiger partial charge in [-0.2, -0.15) is 0 Å². The highest BCUT2D eigenvalue weighted by Crippen LogP contribution is 2.13. The van der Waals surface area contributed by atoms with E-state index in [-0.39, 0.29) is 19.0 Å². The number of aliphatic imine (C=N–C) groups is 1. The van der Waals surface area contributed by atoms with Crippen LogP contribution >= 0.6 is 0 Å². The van der Waals surface area contributed by atoms with E-state index in [1.54, 1.807) is 0 Å². The van der Waals surface area contributed by atoms with E-state index >= 15 is 0 Å². The SMILES string of the molecule is CN1C(=O)C(N=O)C(=NCCO)N(C)C1=O. The fourth-order valence-electron chi connectivity index (χ4n) is 1.34. The van der Waals surface area contributed by atoms with Crippen LogP contribution in [0.5, 0.6) is 0 Å². The first-order chi connectivity index (χ1) is 7.54. The predicted octanol–water partition coefficient (Wildman–Crippen LogP) is -0.964. The van der Waals surface area contributed by atoms with Crippen molar-refractivity contribution in [2.45, 2.75) is 6.04 Å². The zero-order chi connectivity index (χ0) is 12.3. The number of likely N-dealkylation sites (N-methyl/N-ethyl adjacent to an activating group) is 2. The topological polar surface area (TPSA) is 103 Å². The lowest BCUT2D eigenvalue weighted by Gasteiger charge is -2.32. The van der Waals surface area contributed by atoms with Gasteiger partial charge in [-0.15, -0.1) is 4.91 Å². The smallest absolute Gasteiger partial charge is 0.331 e. The maximum absolute atomic E-state index is 11.5. The number of aliphatic hydroxyl groups excluding tert-OH is 1. The van der Waals surface area contributed by atoms with Gasteiger partial charge >= 0.3 is 6.03 Å². The number of urea groups is 1. The van der Waals surface area contributed by atoms with E-state index < -0.39 is 18.0 Å². The van der Waals surface area contributed by atoms with Crippen molar-refractivity contribution in [1.82, 2.24) is 9.80 Å². The van der Waals surface area contributed by atoms with Crippen molar-refractivity contribution in [3.8, 4) is 0 Å². The molecule has 16 heavy (non-hydrogen) atoms. The number of aliphatic hydroxyl groups is 1. The number of carbonyl (C=O) groups excluding carboxylic acids is 2. The quantitative estimate of drug-likeness (QED) is 0.628. The number of amides is 3. The van der Waals surface area contributed by atoms with Crippen molar-refractivity contribution in [2.24, 2.45) is 10.2 Å². The third-order valence-corrected chi connectivity index (χ3v) is 2.21. The Bertz CT molecular complexity index is 354. The molecule has 1 unspecified atom stereocenters. The highest BCUT2D eigenvalue weighted by molar-refractivity contribution is 6.20. The summed E-state index contributed by atoms with van der Waals surface area (Å²) in [6.07, 6.45) is 0. The third-order valence-electron chi connectivity index (χ3n) is 2.21. The van der Waals surface area contributed by atoms with Gasteiger partial charge in [-0.1, -0.05) is 0 Å². The molecule has 1 aliphatic heterocycles. The van der Waals surface area contributed by atoms with E-state index in [9.17, 15) is 14.5 Å². The maximum Gasteiger partial charge on any atom is 0.331 e. The Balaban J connectivity index is 3.08. The predicted molar refractivity (Wildman–Crippen MR) is 54.9 cm³/mol. The monoisotopic (exact) mass is 228 g/mol. The summed E-state index contributed by atoms with van der Waals surface area (Å²) in [5.41, 5.74) is 0. The maximum atomic E-state index is 11.5. The molecule has 0 bridgehead atoms. The Morgan fingerprint density at radius 1 is 1.31 bits per heavy atom. The molecule has 1 fully saturated rings. The molecule has 3 amide bonds. The lowest BCUT2D eigenvalue weighted by molar-refractivity contribution is -0.128. The molecule has 0 saturated carbocycles. The minimum Gasteiger partial charge on any atom is -0.394 e. The Morgan fingerprint density at radius 2 is 1.94 bits per heavy atom. The lowest BCUT2D eigenvalue weighted by Crippen LogP contribution is -2.59. The first kappa shape index (κ1) is 12.2. The summed E-state index contributed by atoms with van der Waals surface area (Å²) in [6, 6.07) is -1.90. The van der Waals surface area contributed by atoms with Gasteiger partial charge in [0.2, 0.25) is 6.04 Å². The molecule has 0 aromatic heterocycles. The Labute approximate surface area is 91.5 Å².